The molecule has 0 spiro atoms. The van der Waals surface area contributed by atoms with E-state index in [1.807, 2.05) is 36.4 Å². The van der Waals surface area contributed by atoms with Gasteiger partial charge in [-0.2, -0.15) is 0 Å². The Morgan fingerprint density at radius 1 is 0.875 bits per heavy atom. The van der Waals surface area contributed by atoms with E-state index in [9.17, 15) is 4.39 Å². The van der Waals surface area contributed by atoms with Crippen LogP contribution >= 0.6 is 11.3 Å². The number of benzene rings is 3. The summed E-state index contributed by atoms with van der Waals surface area (Å²) in [6.07, 6.45) is 0. The highest BCUT2D eigenvalue weighted by molar-refractivity contribution is 7.21. The van der Waals surface area contributed by atoms with Crippen molar-refractivity contribution in [3.05, 3.63) is 84.2 Å². The van der Waals surface area contributed by atoms with Crippen molar-refractivity contribution >= 4 is 27.2 Å². The maximum atomic E-state index is 13.0. The Kier molecular flexibility index (Phi) is 3.97. The van der Waals surface area contributed by atoms with Crippen LogP contribution in [0.4, 0.5) is 10.1 Å². The van der Waals surface area contributed by atoms with E-state index < -0.39 is 0 Å². The van der Waals surface area contributed by atoms with Crippen molar-refractivity contribution in [3.8, 4) is 10.6 Å². The second-order valence-electron chi connectivity index (χ2n) is 5.51. The van der Waals surface area contributed by atoms with Crippen LogP contribution in [0.15, 0.2) is 72.8 Å². The predicted octanol–water partition coefficient (Wildman–Crippen LogP) is 5.71. The van der Waals surface area contributed by atoms with Gasteiger partial charge in [0.25, 0.3) is 0 Å². The topological polar surface area (TPSA) is 24.9 Å². The normalized spacial score (nSPS) is 10.9. The maximum Gasteiger partial charge on any atom is 0.126 e. The van der Waals surface area contributed by atoms with Crippen LogP contribution in [0.2, 0.25) is 0 Å². The first-order valence-electron chi connectivity index (χ1n) is 7.73. The molecule has 0 saturated heterocycles. The Morgan fingerprint density at radius 3 is 2.46 bits per heavy atom. The number of hydrogen-bond acceptors (Lipinski definition) is 3. The van der Waals surface area contributed by atoms with E-state index in [0.717, 1.165) is 27.3 Å². The van der Waals surface area contributed by atoms with E-state index in [2.05, 4.69) is 17.4 Å². The monoisotopic (exact) mass is 334 g/mol. The zero-order valence-electron chi connectivity index (χ0n) is 12.9. The molecule has 0 aliphatic rings. The molecule has 0 radical (unpaired) electrons. The minimum Gasteiger partial charge on any atom is -0.380 e. The van der Waals surface area contributed by atoms with E-state index in [4.69, 9.17) is 4.98 Å². The first-order chi connectivity index (χ1) is 11.8. The molecular formula is C20H15FN2S. The summed E-state index contributed by atoms with van der Waals surface area (Å²) >= 11 is 1.69. The minimum absolute atomic E-state index is 0.214. The third kappa shape index (κ3) is 3.01. The third-order valence-corrected chi connectivity index (χ3v) is 4.92. The molecule has 1 heterocycles. The standard InChI is InChI=1S/C20H15FN2S/c21-15-11-9-14(10-12-15)13-22-17-6-2-1-5-16(17)20-23-18-7-3-4-8-19(18)24-20/h1-12,22H,13H2. The number of aromatic nitrogens is 1. The van der Waals surface area contributed by atoms with Crippen molar-refractivity contribution in [3.63, 3.8) is 0 Å². The van der Waals surface area contributed by atoms with Crippen molar-refractivity contribution in [2.45, 2.75) is 6.54 Å². The van der Waals surface area contributed by atoms with Gasteiger partial charge in [-0.05, 0) is 42.0 Å². The van der Waals surface area contributed by atoms with Gasteiger partial charge in [-0.1, -0.05) is 36.4 Å². The molecule has 0 unspecified atom stereocenters. The summed E-state index contributed by atoms with van der Waals surface area (Å²) in [5.74, 6) is -0.214. The largest absolute Gasteiger partial charge is 0.380 e. The summed E-state index contributed by atoms with van der Waals surface area (Å²) in [7, 11) is 0. The van der Waals surface area contributed by atoms with Crippen LogP contribution in [0, 0.1) is 5.82 Å². The molecular weight excluding hydrogens is 319 g/mol. The Morgan fingerprint density at radius 2 is 1.62 bits per heavy atom. The molecule has 0 fully saturated rings. The lowest BCUT2D eigenvalue weighted by Gasteiger charge is -2.10. The van der Waals surface area contributed by atoms with Gasteiger partial charge < -0.3 is 5.32 Å². The Hall–Kier alpha value is -2.72. The minimum atomic E-state index is -0.214. The summed E-state index contributed by atoms with van der Waals surface area (Å²) in [5.41, 5.74) is 4.17. The molecule has 24 heavy (non-hydrogen) atoms. The Labute approximate surface area is 143 Å². The number of hydrogen-bond donors (Lipinski definition) is 1. The summed E-state index contributed by atoms with van der Waals surface area (Å²) in [5, 5.41) is 4.43. The summed E-state index contributed by atoms with van der Waals surface area (Å²) in [4.78, 5) is 4.74. The van der Waals surface area contributed by atoms with E-state index in [-0.39, 0.29) is 5.82 Å². The van der Waals surface area contributed by atoms with Gasteiger partial charge >= 0.3 is 0 Å². The molecule has 4 heteroatoms. The second-order valence-corrected chi connectivity index (χ2v) is 6.54. The molecule has 0 saturated carbocycles. The smallest absolute Gasteiger partial charge is 0.126 e. The fourth-order valence-electron chi connectivity index (χ4n) is 2.61. The molecule has 0 bridgehead atoms. The number of thiazole rings is 1. The first-order valence-corrected chi connectivity index (χ1v) is 8.54. The molecule has 2 nitrogen and oxygen atoms in total. The van der Waals surface area contributed by atoms with Crippen LogP contribution in [-0.4, -0.2) is 4.98 Å². The SMILES string of the molecule is Fc1ccc(CNc2ccccc2-c2nc3ccccc3s2)cc1. The van der Waals surface area contributed by atoms with Crippen LogP contribution in [0.5, 0.6) is 0 Å². The Bertz CT molecular complexity index is 943. The van der Waals surface area contributed by atoms with Gasteiger partial charge in [-0.3, -0.25) is 0 Å². The van der Waals surface area contributed by atoms with Gasteiger partial charge in [0.2, 0.25) is 0 Å². The second kappa shape index (κ2) is 6.42. The number of nitrogens with one attached hydrogen (secondary N) is 1. The molecule has 0 amide bonds. The van der Waals surface area contributed by atoms with E-state index in [0.29, 0.717) is 6.54 Å². The number of para-hydroxylation sites is 2. The van der Waals surface area contributed by atoms with Gasteiger partial charge in [0.1, 0.15) is 10.8 Å². The number of anilines is 1. The lowest BCUT2D eigenvalue weighted by molar-refractivity contribution is 0.627. The molecule has 4 aromatic rings. The van der Waals surface area contributed by atoms with E-state index in [1.165, 1.54) is 16.8 Å². The van der Waals surface area contributed by atoms with Gasteiger partial charge in [0.05, 0.1) is 10.2 Å². The van der Waals surface area contributed by atoms with E-state index >= 15 is 0 Å². The van der Waals surface area contributed by atoms with Crippen LogP contribution in [0.3, 0.4) is 0 Å². The highest BCUT2D eigenvalue weighted by Crippen LogP contribution is 2.34. The molecule has 1 N–H and O–H groups in total. The average molecular weight is 334 g/mol. The quantitative estimate of drug-likeness (QED) is 0.517. The Balaban J connectivity index is 1.63. The molecule has 0 aliphatic carbocycles. The summed E-state index contributed by atoms with van der Waals surface area (Å²) in [6.45, 7) is 0.641. The van der Waals surface area contributed by atoms with Crippen molar-refractivity contribution in [2.24, 2.45) is 0 Å². The molecule has 4 rings (SSSR count). The van der Waals surface area contributed by atoms with Gasteiger partial charge in [0, 0.05) is 17.8 Å². The number of nitrogens with zero attached hydrogens (tertiary/aromatic N) is 1. The van der Waals surface area contributed by atoms with E-state index in [1.54, 1.807) is 23.5 Å². The molecule has 3 aromatic carbocycles. The van der Waals surface area contributed by atoms with Crippen LogP contribution in [-0.2, 0) is 6.54 Å². The van der Waals surface area contributed by atoms with Crippen molar-refractivity contribution in [1.29, 1.82) is 0 Å². The van der Waals surface area contributed by atoms with Gasteiger partial charge in [0.15, 0.2) is 0 Å². The summed E-state index contributed by atoms with van der Waals surface area (Å²) in [6, 6.07) is 22.9. The third-order valence-electron chi connectivity index (χ3n) is 3.85. The highest BCUT2D eigenvalue weighted by atomic mass is 32.1. The van der Waals surface area contributed by atoms with Crippen LogP contribution in [0.25, 0.3) is 20.8 Å². The summed E-state index contributed by atoms with van der Waals surface area (Å²) < 4.78 is 14.2. The fourth-order valence-corrected chi connectivity index (χ4v) is 3.62. The van der Waals surface area contributed by atoms with Crippen molar-refractivity contribution < 1.29 is 4.39 Å². The lowest BCUT2D eigenvalue weighted by atomic mass is 10.1. The van der Waals surface area contributed by atoms with Gasteiger partial charge in [-0.25, -0.2) is 9.37 Å². The molecule has 0 atom stereocenters. The number of rotatable bonds is 4. The molecule has 0 aliphatic heterocycles. The van der Waals surface area contributed by atoms with Gasteiger partial charge in [-0.15, -0.1) is 11.3 Å². The average Bonchev–Trinajstić information content (AvgIpc) is 3.05. The first kappa shape index (κ1) is 14.8. The van der Waals surface area contributed by atoms with Crippen LogP contribution < -0.4 is 5.32 Å². The fraction of sp³-hybridized carbons (Fsp3) is 0.0500. The lowest BCUT2D eigenvalue weighted by Crippen LogP contribution is -2.00. The van der Waals surface area contributed by atoms with Crippen LogP contribution in [0.1, 0.15) is 5.56 Å². The predicted molar refractivity (Wildman–Crippen MR) is 98.8 cm³/mol. The maximum absolute atomic E-state index is 13.0. The molecule has 1 aromatic heterocycles. The van der Waals surface area contributed by atoms with Crippen molar-refractivity contribution in [1.82, 2.24) is 4.98 Å². The zero-order valence-corrected chi connectivity index (χ0v) is 13.7. The highest BCUT2D eigenvalue weighted by Gasteiger charge is 2.10. The van der Waals surface area contributed by atoms with Crippen molar-refractivity contribution in [2.75, 3.05) is 5.32 Å². The number of halogens is 1. The number of fused-ring (bicyclic) bond motifs is 1. The zero-order chi connectivity index (χ0) is 16.4. The molecule has 118 valence electrons.